The van der Waals surface area contributed by atoms with Gasteiger partial charge in [0.1, 0.15) is 5.75 Å². The molecule has 32 heavy (non-hydrogen) atoms. The Morgan fingerprint density at radius 1 is 1.12 bits per heavy atom. The lowest BCUT2D eigenvalue weighted by atomic mass is 10.1. The largest absolute Gasteiger partial charge is 0.497 e. The van der Waals surface area contributed by atoms with Gasteiger partial charge in [0.25, 0.3) is 5.91 Å². The van der Waals surface area contributed by atoms with E-state index < -0.39 is 0 Å². The third-order valence-corrected chi connectivity index (χ3v) is 6.55. The molecule has 1 aromatic heterocycles. The molecule has 10 heteroatoms. The van der Waals surface area contributed by atoms with Crippen LogP contribution in [0.4, 0.5) is 5.69 Å². The fourth-order valence-corrected chi connectivity index (χ4v) is 4.11. The summed E-state index contributed by atoms with van der Waals surface area (Å²) in [5, 5.41) is 14.6. The van der Waals surface area contributed by atoms with Gasteiger partial charge < -0.3 is 19.9 Å². The predicted octanol–water partition coefficient (Wildman–Crippen LogP) is 3.86. The van der Waals surface area contributed by atoms with Crippen LogP contribution >= 0.6 is 27.7 Å². The van der Waals surface area contributed by atoms with Crippen LogP contribution in [-0.2, 0) is 18.4 Å². The molecule has 0 saturated carbocycles. The third kappa shape index (κ3) is 5.89. The quantitative estimate of drug-likeness (QED) is 0.440. The van der Waals surface area contributed by atoms with Crippen LogP contribution in [0.1, 0.15) is 27.3 Å². The standard InChI is InChI=1S/C22H24BrN5O3S/c1-13-9-17(23)18(10-14(13)2)25-20(29)12-32-22-27-26-19(28(22)3)11-24-21(30)15-5-7-16(31-4)8-6-15/h5-10H,11-12H2,1-4H3,(H,24,30)(H,25,29). The smallest absolute Gasteiger partial charge is 0.251 e. The Balaban J connectivity index is 1.53. The Morgan fingerprint density at radius 3 is 2.50 bits per heavy atom. The molecule has 8 nitrogen and oxygen atoms in total. The minimum atomic E-state index is -0.219. The van der Waals surface area contributed by atoms with Gasteiger partial charge in [-0.15, -0.1) is 10.2 Å². The van der Waals surface area contributed by atoms with Crippen molar-refractivity contribution in [1.29, 1.82) is 0 Å². The number of nitrogens with zero attached hydrogens (tertiary/aromatic N) is 3. The van der Waals surface area contributed by atoms with E-state index in [9.17, 15) is 9.59 Å². The van der Waals surface area contributed by atoms with Crippen molar-refractivity contribution in [3.05, 3.63) is 63.4 Å². The van der Waals surface area contributed by atoms with Crippen LogP contribution in [0.3, 0.4) is 0 Å². The molecular formula is C22H24BrN5O3S. The van der Waals surface area contributed by atoms with Crippen molar-refractivity contribution in [1.82, 2.24) is 20.1 Å². The first-order valence-electron chi connectivity index (χ1n) is 9.78. The molecule has 0 bridgehead atoms. The number of rotatable bonds is 8. The van der Waals surface area contributed by atoms with Crippen molar-refractivity contribution in [2.45, 2.75) is 25.5 Å². The molecule has 0 aliphatic carbocycles. The molecule has 3 aromatic rings. The zero-order valence-electron chi connectivity index (χ0n) is 18.2. The number of thioether (sulfide) groups is 1. The number of aryl methyl sites for hydroxylation is 2. The van der Waals surface area contributed by atoms with Gasteiger partial charge in [0, 0.05) is 17.1 Å². The highest BCUT2D eigenvalue weighted by Crippen LogP contribution is 2.26. The zero-order chi connectivity index (χ0) is 23.3. The molecule has 0 atom stereocenters. The van der Waals surface area contributed by atoms with E-state index in [4.69, 9.17) is 4.74 Å². The van der Waals surface area contributed by atoms with Gasteiger partial charge in [-0.25, -0.2) is 0 Å². The lowest BCUT2D eigenvalue weighted by Gasteiger charge is -2.10. The number of carbonyl (C=O) groups excluding carboxylic acids is 2. The number of aromatic nitrogens is 3. The van der Waals surface area contributed by atoms with Gasteiger partial charge in [-0.05, 0) is 77.3 Å². The number of carbonyl (C=O) groups is 2. The van der Waals surface area contributed by atoms with Crippen LogP contribution in [0.2, 0.25) is 0 Å². The van der Waals surface area contributed by atoms with E-state index in [2.05, 4.69) is 36.8 Å². The highest BCUT2D eigenvalue weighted by molar-refractivity contribution is 9.10. The van der Waals surface area contributed by atoms with Crippen LogP contribution in [0, 0.1) is 13.8 Å². The molecule has 0 unspecified atom stereocenters. The molecule has 0 spiro atoms. The third-order valence-electron chi connectivity index (χ3n) is 4.87. The monoisotopic (exact) mass is 517 g/mol. The summed E-state index contributed by atoms with van der Waals surface area (Å²) < 4.78 is 7.70. The van der Waals surface area contributed by atoms with Crippen molar-refractivity contribution in [2.75, 3.05) is 18.2 Å². The van der Waals surface area contributed by atoms with Crippen LogP contribution in [0.25, 0.3) is 0 Å². The Morgan fingerprint density at radius 2 is 1.81 bits per heavy atom. The molecule has 3 rings (SSSR count). The van der Waals surface area contributed by atoms with Gasteiger partial charge in [0.15, 0.2) is 11.0 Å². The summed E-state index contributed by atoms with van der Waals surface area (Å²) in [7, 11) is 3.37. The van der Waals surface area contributed by atoms with Crippen molar-refractivity contribution in [2.24, 2.45) is 7.05 Å². The van der Waals surface area contributed by atoms with Crippen LogP contribution in [-0.4, -0.2) is 39.4 Å². The summed E-state index contributed by atoms with van der Waals surface area (Å²) in [6.45, 7) is 4.24. The summed E-state index contributed by atoms with van der Waals surface area (Å²) in [5.41, 5.74) is 3.51. The molecule has 0 aliphatic heterocycles. The minimum Gasteiger partial charge on any atom is -0.497 e. The lowest BCUT2D eigenvalue weighted by Crippen LogP contribution is -2.24. The highest BCUT2D eigenvalue weighted by Gasteiger charge is 2.14. The summed E-state index contributed by atoms with van der Waals surface area (Å²) in [6.07, 6.45) is 0. The van der Waals surface area contributed by atoms with Gasteiger partial charge in [-0.1, -0.05) is 11.8 Å². The fraction of sp³-hybridized carbons (Fsp3) is 0.273. The Kier molecular flexibility index (Phi) is 7.92. The summed E-state index contributed by atoms with van der Waals surface area (Å²) in [4.78, 5) is 24.7. The summed E-state index contributed by atoms with van der Waals surface area (Å²) in [6, 6.07) is 10.8. The first-order chi connectivity index (χ1) is 15.3. The molecule has 0 aliphatic rings. The number of nitrogens with one attached hydrogen (secondary N) is 2. The van der Waals surface area contributed by atoms with E-state index in [1.807, 2.05) is 26.0 Å². The maximum Gasteiger partial charge on any atom is 0.251 e. The number of ether oxygens (including phenoxy) is 1. The average molecular weight is 518 g/mol. The first kappa shape index (κ1) is 23.8. The van der Waals surface area contributed by atoms with E-state index in [0.29, 0.717) is 22.3 Å². The molecular weight excluding hydrogens is 494 g/mol. The van der Waals surface area contributed by atoms with E-state index in [1.54, 1.807) is 43.0 Å². The van der Waals surface area contributed by atoms with Gasteiger partial charge in [-0.2, -0.15) is 0 Å². The topological polar surface area (TPSA) is 98.1 Å². The molecule has 168 valence electrons. The minimum absolute atomic E-state index is 0.142. The van der Waals surface area contributed by atoms with E-state index in [-0.39, 0.29) is 24.1 Å². The number of hydrogen-bond acceptors (Lipinski definition) is 6. The molecule has 1 heterocycles. The van der Waals surface area contributed by atoms with Crippen LogP contribution < -0.4 is 15.4 Å². The summed E-state index contributed by atoms with van der Waals surface area (Å²) in [5.74, 6) is 1.10. The number of hydrogen-bond donors (Lipinski definition) is 2. The Labute approximate surface area is 199 Å². The van der Waals surface area contributed by atoms with E-state index in [0.717, 1.165) is 21.3 Å². The second kappa shape index (κ2) is 10.6. The lowest BCUT2D eigenvalue weighted by molar-refractivity contribution is -0.113. The Hall–Kier alpha value is -2.85. The Bertz CT molecular complexity index is 1130. The number of halogens is 1. The maximum absolute atomic E-state index is 12.4. The fourth-order valence-electron chi connectivity index (χ4n) is 2.82. The SMILES string of the molecule is COc1ccc(C(=O)NCc2nnc(SCC(=O)Nc3cc(C)c(C)cc3Br)n2C)cc1. The second-order valence-electron chi connectivity index (χ2n) is 7.12. The van der Waals surface area contributed by atoms with Gasteiger partial charge in [0.2, 0.25) is 5.91 Å². The molecule has 2 aromatic carbocycles. The maximum atomic E-state index is 12.4. The van der Waals surface area contributed by atoms with E-state index in [1.165, 1.54) is 11.8 Å². The zero-order valence-corrected chi connectivity index (χ0v) is 20.6. The van der Waals surface area contributed by atoms with Crippen molar-refractivity contribution in [3.8, 4) is 5.75 Å². The molecule has 0 fully saturated rings. The molecule has 0 saturated heterocycles. The van der Waals surface area contributed by atoms with E-state index >= 15 is 0 Å². The normalized spacial score (nSPS) is 10.7. The van der Waals surface area contributed by atoms with Gasteiger partial charge in [-0.3, -0.25) is 9.59 Å². The van der Waals surface area contributed by atoms with Crippen molar-refractivity contribution >= 4 is 45.2 Å². The predicted molar refractivity (Wildman–Crippen MR) is 128 cm³/mol. The second-order valence-corrected chi connectivity index (χ2v) is 8.92. The van der Waals surface area contributed by atoms with Crippen molar-refractivity contribution in [3.63, 3.8) is 0 Å². The molecule has 2 amide bonds. The van der Waals surface area contributed by atoms with Crippen LogP contribution in [0.15, 0.2) is 46.0 Å². The molecule has 2 N–H and O–H groups in total. The number of anilines is 1. The first-order valence-corrected chi connectivity index (χ1v) is 11.6. The number of amides is 2. The van der Waals surface area contributed by atoms with Gasteiger partial charge in [0.05, 0.1) is 25.1 Å². The number of benzene rings is 2. The summed E-state index contributed by atoms with van der Waals surface area (Å²) >= 11 is 4.76. The van der Waals surface area contributed by atoms with Crippen LogP contribution in [0.5, 0.6) is 5.75 Å². The van der Waals surface area contributed by atoms with Gasteiger partial charge >= 0.3 is 0 Å². The number of methoxy groups -OCH3 is 1. The molecule has 0 radical (unpaired) electrons. The average Bonchev–Trinajstić information content (AvgIpc) is 3.13. The highest BCUT2D eigenvalue weighted by atomic mass is 79.9. The van der Waals surface area contributed by atoms with Crippen molar-refractivity contribution < 1.29 is 14.3 Å².